The summed E-state index contributed by atoms with van der Waals surface area (Å²) in [5.41, 5.74) is 0. The summed E-state index contributed by atoms with van der Waals surface area (Å²) < 4.78 is 5.93. The van der Waals surface area contributed by atoms with Gasteiger partial charge in [-0.05, 0) is 50.2 Å². The maximum atomic E-state index is 5.93. The molecule has 0 bridgehead atoms. The van der Waals surface area contributed by atoms with Crippen LogP contribution in [0.2, 0.25) is 0 Å². The number of nitrogens with one attached hydrogen (secondary N) is 1. The van der Waals surface area contributed by atoms with Crippen LogP contribution in [0.25, 0.3) is 0 Å². The monoisotopic (exact) mass is 247 g/mol. The smallest absolute Gasteiger partial charge is 0.117 e. The molecule has 2 heteroatoms. The zero-order valence-corrected chi connectivity index (χ0v) is 11.6. The lowest BCUT2D eigenvalue weighted by molar-refractivity contribution is 0.357. The van der Waals surface area contributed by atoms with Gasteiger partial charge in [0, 0.05) is 12.0 Å². The number of hydrogen-bond donors (Lipinski definition) is 1. The van der Waals surface area contributed by atoms with Gasteiger partial charge in [0.15, 0.2) is 0 Å². The molecule has 3 atom stereocenters. The van der Waals surface area contributed by atoms with E-state index in [1.165, 1.54) is 37.9 Å². The Balaban J connectivity index is 1.48. The molecule has 1 N–H and O–H groups in total. The van der Waals surface area contributed by atoms with Crippen molar-refractivity contribution >= 4 is 0 Å². The molecule has 100 valence electrons. The van der Waals surface area contributed by atoms with Gasteiger partial charge in [0.2, 0.25) is 0 Å². The molecular formula is C16H25NO. The highest BCUT2D eigenvalue weighted by Crippen LogP contribution is 2.47. The largest absolute Gasteiger partial charge is 0.464 e. The Morgan fingerprint density at radius 1 is 1.33 bits per heavy atom. The van der Waals surface area contributed by atoms with E-state index in [1.807, 2.05) is 0 Å². The van der Waals surface area contributed by atoms with E-state index in [4.69, 9.17) is 4.42 Å². The fourth-order valence-corrected chi connectivity index (χ4v) is 3.29. The molecular weight excluding hydrogens is 222 g/mol. The molecule has 0 aliphatic heterocycles. The SMILES string of the molecule is CC1CC1c1ccc(CN[C@@H](C)C2CCCC2)o1. The molecule has 0 aromatic carbocycles. The van der Waals surface area contributed by atoms with Crippen molar-refractivity contribution in [3.05, 3.63) is 23.7 Å². The predicted octanol–water partition coefficient (Wildman–Crippen LogP) is 4.07. The highest BCUT2D eigenvalue weighted by atomic mass is 16.3. The summed E-state index contributed by atoms with van der Waals surface area (Å²) in [4.78, 5) is 0. The molecule has 1 heterocycles. The maximum absolute atomic E-state index is 5.93. The average Bonchev–Trinajstić information content (AvgIpc) is 2.87. The molecule has 0 saturated heterocycles. The van der Waals surface area contributed by atoms with Gasteiger partial charge in [0.25, 0.3) is 0 Å². The molecule has 2 unspecified atom stereocenters. The summed E-state index contributed by atoms with van der Waals surface area (Å²) >= 11 is 0. The topological polar surface area (TPSA) is 25.2 Å². The van der Waals surface area contributed by atoms with Crippen LogP contribution < -0.4 is 5.32 Å². The van der Waals surface area contributed by atoms with Crippen LogP contribution in [0.1, 0.15) is 63.4 Å². The van der Waals surface area contributed by atoms with Gasteiger partial charge >= 0.3 is 0 Å². The molecule has 0 amide bonds. The second-order valence-electron chi connectivity index (χ2n) is 6.34. The number of furan rings is 1. The van der Waals surface area contributed by atoms with Crippen molar-refractivity contribution in [3.8, 4) is 0 Å². The van der Waals surface area contributed by atoms with Crippen molar-refractivity contribution in [1.82, 2.24) is 5.32 Å². The number of rotatable bonds is 5. The van der Waals surface area contributed by atoms with Gasteiger partial charge in [-0.3, -0.25) is 0 Å². The first-order chi connectivity index (χ1) is 8.74. The first kappa shape index (κ1) is 12.3. The molecule has 2 fully saturated rings. The van der Waals surface area contributed by atoms with Gasteiger partial charge in [-0.1, -0.05) is 19.8 Å². The summed E-state index contributed by atoms with van der Waals surface area (Å²) in [6, 6.07) is 4.95. The van der Waals surface area contributed by atoms with E-state index in [0.717, 1.165) is 24.1 Å². The van der Waals surface area contributed by atoms with E-state index in [-0.39, 0.29) is 0 Å². The normalized spacial score (nSPS) is 29.7. The van der Waals surface area contributed by atoms with E-state index < -0.39 is 0 Å². The van der Waals surface area contributed by atoms with E-state index in [9.17, 15) is 0 Å². The van der Waals surface area contributed by atoms with Gasteiger partial charge in [0.1, 0.15) is 11.5 Å². The highest BCUT2D eigenvalue weighted by molar-refractivity contribution is 5.17. The van der Waals surface area contributed by atoms with E-state index >= 15 is 0 Å². The van der Waals surface area contributed by atoms with Gasteiger partial charge in [-0.15, -0.1) is 0 Å². The Bertz CT molecular complexity index is 392. The molecule has 3 rings (SSSR count). The third kappa shape index (κ3) is 2.64. The van der Waals surface area contributed by atoms with Gasteiger partial charge < -0.3 is 9.73 Å². The second kappa shape index (κ2) is 5.08. The molecule has 2 aliphatic rings. The van der Waals surface area contributed by atoms with Gasteiger partial charge in [-0.2, -0.15) is 0 Å². The van der Waals surface area contributed by atoms with Crippen molar-refractivity contribution in [2.24, 2.45) is 11.8 Å². The highest BCUT2D eigenvalue weighted by Gasteiger charge is 2.36. The summed E-state index contributed by atoms with van der Waals surface area (Å²) in [5, 5.41) is 3.63. The van der Waals surface area contributed by atoms with Crippen LogP contribution in [0.3, 0.4) is 0 Å². The fourth-order valence-electron chi connectivity index (χ4n) is 3.29. The Hall–Kier alpha value is -0.760. The molecule has 1 aromatic rings. The van der Waals surface area contributed by atoms with Crippen molar-refractivity contribution in [2.45, 2.75) is 64.5 Å². The molecule has 0 radical (unpaired) electrons. The Morgan fingerprint density at radius 3 is 2.72 bits per heavy atom. The Kier molecular flexibility index (Phi) is 3.47. The van der Waals surface area contributed by atoms with Crippen molar-refractivity contribution < 1.29 is 4.42 Å². The minimum atomic E-state index is 0.626. The minimum Gasteiger partial charge on any atom is -0.464 e. The molecule has 0 spiro atoms. The van der Waals surface area contributed by atoms with E-state index in [2.05, 4.69) is 31.3 Å². The van der Waals surface area contributed by atoms with Crippen molar-refractivity contribution in [1.29, 1.82) is 0 Å². The maximum Gasteiger partial charge on any atom is 0.117 e. The molecule has 18 heavy (non-hydrogen) atoms. The minimum absolute atomic E-state index is 0.626. The zero-order valence-electron chi connectivity index (χ0n) is 11.6. The Labute approximate surface area is 110 Å². The van der Waals surface area contributed by atoms with Gasteiger partial charge in [0.05, 0.1) is 6.54 Å². The third-order valence-electron chi connectivity index (χ3n) is 4.86. The summed E-state index contributed by atoms with van der Waals surface area (Å²) in [6.45, 7) is 5.51. The first-order valence-electron chi connectivity index (χ1n) is 7.56. The van der Waals surface area contributed by atoms with Crippen LogP contribution in [0.15, 0.2) is 16.5 Å². The molecule has 2 saturated carbocycles. The van der Waals surface area contributed by atoms with Crippen LogP contribution in [0.4, 0.5) is 0 Å². The molecule has 2 aliphatic carbocycles. The summed E-state index contributed by atoms with van der Waals surface area (Å²) in [7, 11) is 0. The lowest BCUT2D eigenvalue weighted by Crippen LogP contribution is -2.31. The summed E-state index contributed by atoms with van der Waals surface area (Å²) in [6.07, 6.45) is 6.94. The second-order valence-corrected chi connectivity index (χ2v) is 6.34. The lowest BCUT2D eigenvalue weighted by Gasteiger charge is -2.19. The summed E-state index contributed by atoms with van der Waals surface area (Å²) in [5.74, 6) is 4.71. The Morgan fingerprint density at radius 2 is 2.06 bits per heavy atom. The standard InChI is InChI=1S/C16H25NO/c1-11-9-15(11)16-8-7-14(18-16)10-17-12(2)13-5-3-4-6-13/h7-8,11-13,15,17H,3-6,9-10H2,1-2H3/t11?,12-,15?/m0/s1. The van der Waals surface area contributed by atoms with Crippen LogP contribution in [-0.2, 0) is 6.54 Å². The van der Waals surface area contributed by atoms with Crippen LogP contribution in [0.5, 0.6) is 0 Å². The van der Waals surface area contributed by atoms with E-state index in [1.54, 1.807) is 0 Å². The first-order valence-corrected chi connectivity index (χ1v) is 7.56. The number of hydrogen-bond acceptors (Lipinski definition) is 2. The average molecular weight is 247 g/mol. The third-order valence-corrected chi connectivity index (χ3v) is 4.86. The quantitative estimate of drug-likeness (QED) is 0.848. The predicted molar refractivity (Wildman–Crippen MR) is 73.5 cm³/mol. The van der Waals surface area contributed by atoms with Crippen LogP contribution in [-0.4, -0.2) is 6.04 Å². The fraction of sp³-hybridized carbons (Fsp3) is 0.750. The van der Waals surface area contributed by atoms with E-state index in [0.29, 0.717) is 12.0 Å². The zero-order chi connectivity index (χ0) is 12.5. The molecule has 2 nitrogen and oxygen atoms in total. The van der Waals surface area contributed by atoms with Crippen molar-refractivity contribution in [2.75, 3.05) is 0 Å². The molecule has 1 aromatic heterocycles. The van der Waals surface area contributed by atoms with Crippen molar-refractivity contribution in [3.63, 3.8) is 0 Å². The van der Waals surface area contributed by atoms with Crippen LogP contribution in [0, 0.1) is 11.8 Å². The van der Waals surface area contributed by atoms with Crippen LogP contribution >= 0.6 is 0 Å². The lowest BCUT2D eigenvalue weighted by atomic mass is 10.00. The van der Waals surface area contributed by atoms with Gasteiger partial charge in [-0.25, -0.2) is 0 Å².